The van der Waals surface area contributed by atoms with E-state index in [2.05, 4.69) is 23.3 Å². The van der Waals surface area contributed by atoms with Gasteiger partial charge in [0.15, 0.2) is 0 Å². The van der Waals surface area contributed by atoms with Gasteiger partial charge in [-0.3, -0.25) is 15.1 Å². The maximum absolute atomic E-state index is 11.4. The van der Waals surface area contributed by atoms with Crippen molar-refractivity contribution in [3.05, 3.63) is 0 Å². The Morgan fingerprint density at radius 1 is 1.10 bits per heavy atom. The fraction of sp³-hybridized carbons (Fsp3) is 1.00. The summed E-state index contributed by atoms with van der Waals surface area (Å²) in [6.45, 7) is -0.290. The monoisotopic (exact) mass is 367 g/mol. The van der Waals surface area contributed by atoms with Gasteiger partial charge in [-0.05, 0) is 21.5 Å². The van der Waals surface area contributed by atoms with E-state index < -0.39 is 29.8 Å². The van der Waals surface area contributed by atoms with Crippen LogP contribution in [-0.4, -0.2) is 38.6 Å². The minimum absolute atomic E-state index is 0.251. The molecule has 1 aliphatic carbocycles. The molecule has 4 atom stereocenters. The quantitative estimate of drug-likeness (QED) is 0.300. The number of hydrogen-bond acceptors (Lipinski definition) is 9. The molecule has 2 rings (SSSR count). The highest BCUT2D eigenvalue weighted by atomic mass is 31.3. The Bertz CT molecular complexity index is 450. The molecular weight excluding hydrogens is 349 g/mol. The van der Waals surface area contributed by atoms with Crippen LogP contribution in [0.1, 0.15) is 25.7 Å². The molecule has 11 nitrogen and oxygen atoms in total. The molecule has 0 amide bonds. The van der Waals surface area contributed by atoms with Gasteiger partial charge in [0.05, 0.1) is 12.8 Å². The molecule has 1 saturated heterocycles. The van der Waals surface area contributed by atoms with Crippen LogP contribution < -0.4 is 10.4 Å². The first kappa shape index (κ1) is 17.9. The zero-order valence-corrected chi connectivity index (χ0v) is 13.5. The Balaban J connectivity index is 2.12. The lowest BCUT2D eigenvalue weighted by atomic mass is 9.91. The average Bonchev–Trinajstić information content (AvgIpc) is 2.26. The zero-order valence-electron chi connectivity index (χ0n) is 10.9. The van der Waals surface area contributed by atoms with Crippen LogP contribution in [0.5, 0.6) is 0 Å². The first-order valence-corrected chi connectivity index (χ1v) is 10.7. The largest absolute Gasteiger partial charge is 0.521 e. The van der Waals surface area contributed by atoms with Crippen molar-refractivity contribution in [2.45, 2.75) is 37.8 Å². The van der Waals surface area contributed by atoms with E-state index in [-0.39, 0.29) is 12.8 Å². The summed E-state index contributed by atoms with van der Waals surface area (Å²) in [5, 5.41) is 14.2. The van der Waals surface area contributed by atoms with Gasteiger partial charge < -0.3 is 5.11 Å². The van der Waals surface area contributed by atoms with Gasteiger partial charge >= 0.3 is 23.7 Å². The predicted molar refractivity (Wildman–Crippen MR) is 71.4 cm³/mol. The van der Waals surface area contributed by atoms with E-state index in [1.165, 1.54) is 0 Å². The van der Waals surface area contributed by atoms with Gasteiger partial charge in [0, 0.05) is 6.04 Å². The maximum Gasteiger partial charge on any atom is 0.521 e. The van der Waals surface area contributed by atoms with Crippen molar-refractivity contribution in [3.8, 4) is 0 Å². The van der Waals surface area contributed by atoms with Crippen LogP contribution >= 0.6 is 23.7 Å². The van der Waals surface area contributed by atoms with E-state index in [0.717, 1.165) is 12.8 Å². The summed E-state index contributed by atoms with van der Waals surface area (Å²) in [6.07, 6.45) is 2.95. The second kappa shape index (κ2) is 6.57. The highest BCUT2D eigenvalue weighted by Crippen LogP contribution is 2.81. The topological polar surface area (TPSA) is 167 Å². The van der Waals surface area contributed by atoms with Gasteiger partial charge in [0.2, 0.25) is 0 Å². The minimum Gasteiger partial charge on any atom is -0.381 e. The lowest BCUT2D eigenvalue weighted by molar-refractivity contribution is 0.160. The van der Waals surface area contributed by atoms with Crippen LogP contribution in [0.25, 0.3) is 0 Å². The van der Waals surface area contributed by atoms with Crippen LogP contribution in [0.4, 0.5) is 0 Å². The molecule has 0 spiro atoms. The molecule has 1 aliphatic heterocycles. The molecule has 1 heterocycles. The van der Waals surface area contributed by atoms with Crippen LogP contribution in [0.3, 0.4) is 0 Å². The summed E-state index contributed by atoms with van der Waals surface area (Å²) < 4.78 is 35.5. The summed E-state index contributed by atoms with van der Waals surface area (Å²) >= 11 is 0. The van der Waals surface area contributed by atoms with Crippen molar-refractivity contribution in [2.24, 2.45) is 0 Å². The van der Waals surface area contributed by atoms with E-state index in [4.69, 9.17) is 5.11 Å². The number of aliphatic hydroxyl groups is 1. The Morgan fingerprint density at radius 3 is 2.14 bits per heavy atom. The minimum atomic E-state index is -4.90. The molecule has 0 aromatic heterocycles. The smallest absolute Gasteiger partial charge is 0.381 e. The third kappa shape index (κ3) is 5.00. The third-order valence-corrected chi connectivity index (χ3v) is 8.81. The van der Waals surface area contributed by atoms with E-state index in [1.54, 1.807) is 0 Å². The van der Waals surface area contributed by atoms with Gasteiger partial charge in [-0.1, -0.05) is 12.8 Å². The SMILES string of the molecule is O=P1(O)OP(=O)(O)O[P+](O)(N[C@H]2CCCC[C@@H]2NCO)O1. The molecule has 1 saturated carbocycles. The zero-order chi connectivity index (χ0) is 15.7. The molecular formula is C7H18N2O9P3+. The summed E-state index contributed by atoms with van der Waals surface area (Å²) in [5.41, 5.74) is 0. The molecule has 6 N–H and O–H groups in total. The van der Waals surface area contributed by atoms with E-state index in [9.17, 15) is 23.8 Å². The summed E-state index contributed by atoms with van der Waals surface area (Å²) in [4.78, 5) is 28.5. The highest BCUT2D eigenvalue weighted by Gasteiger charge is 2.65. The van der Waals surface area contributed by atoms with Crippen LogP contribution in [-0.2, 0) is 22.1 Å². The molecule has 0 radical (unpaired) electrons. The van der Waals surface area contributed by atoms with Gasteiger partial charge in [-0.2, -0.15) is 9.20 Å². The van der Waals surface area contributed by atoms with Gasteiger partial charge in [-0.15, -0.1) is 5.09 Å². The molecule has 0 bridgehead atoms. The molecule has 2 unspecified atom stereocenters. The van der Waals surface area contributed by atoms with Crippen molar-refractivity contribution in [3.63, 3.8) is 0 Å². The maximum atomic E-state index is 11.4. The van der Waals surface area contributed by atoms with E-state index in [1.807, 2.05) is 0 Å². The number of phosphoric acid groups is 2. The Kier molecular flexibility index (Phi) is 5.59. The van der Waals surface area contributed by atoms with Crippen LogP contribution in [0, 0.1) is 0 Å². The second-order valence-electron chi connectivity index (χ2n) is 4.69. The Labute approximate surface area is 121 Å². The van der Waals surface area contributed by atoms with E-state index in [0.29, 0.717) is 12.8 Å². The normalized spacial score (nSPS) is 48.2. The van der Waals surface area contributed by atoms with Crippen molar-refractivity contribution in [1.82, 2.24) is 10.4 Å². The number of hydrogen-bond donors (Lipinski definition) is 6. The predicted octanol–water partition coefficient (Wildman–Crippen LogP) is 0.361. The van der Waals surface area contributed by atoms with Crippen molar-refractivity contribution in [1.29, 1.82) is 0 Å². The molecule has 2 fully saturated rings. The standard InChI is InChI=1S/C7H17N2O9P3/c10-5-8-6-3-1-2-4-7(6)9-19(11)16-20(12,13)18-21(14,15)17-19/h6-11H,1-5H2,(H-,12,13,14,15)/p+1/t6-,7-/m0/s1. The average molecular weight is 367 g/mol. The highest BCUT2D eigenvalue weighted by molar-refractivity contribution is 7.78. The van der Waals surface area contributed by atoms with Gasteiger partial charge in [0.25, 0.3) is 0 Å². The first-order valence-electron chi connectivity index (χ1n) is 6.18. The third-order valence-electron chi connectivity index (χ3n) is 3.08. The molecule has 14 heteroatoms. The van der Waals surface area contributed by atoms with Crippen molar-refractivity contribution >= 4 is 23.7 Å². The number of nitrogens with one attached hydrogen (secondary N) is 2. The fourth-order valence-electron chi connectivity index (χ4n) is 2.36. The molecule has 124 valence electrons. The summed E-state index contributed by atoms with van der Waals surface area (Å²) in [5.74, 6) is 0. The molecule has 0 aromatic carbocycles. The number of aliphatic hydroxyl groups excluding tert-OH is 1. The summed E-state index contributed by atoms with van der Waals surface area (Å²) in [6, 6.07) is -0.721. The molecule has 0 aromatic rings. The van der Waals surface area contributed by atoms with Crippen molar-refractivity contribution < 1.29 is 41.8 Å². The Morgan fingerprint density at radius 2 is 1.62 bits per heavy atom. The number of rotatable bonds is 4. The lowest BCUT2D eigenvalue weighted by Crippen LogP contribution is -2.50. The van der Waals surface area contributed by atoms with Crippen LogP contribution in [0.15, 0.2) is 0 Å². The van der Waals surface area contributed by atoms with Gasteiger partial charge in [-0.25, -0.2) is 9.13 Å². The molecule has 21 heavy (non-hydrogen) atoms. The Hall–Kier alpha value is 0.530. The van der Waals surface area contributed by atoms with Gasteiger partial charge in [0.1, 0.15) is 0 Å². The van der Waals surface area contributed by atoms with E-state index >= 15 is 0 Å². The van der Waals surface area contributed by atoms with Crippen molar-refractivity contribution in [2.75, 3.05) is 6.73 Å². The molecule has 2 aliphatic rings. The second-order valence-corrected chi connectivity index (χ2v) is 9.82. The fourth-order valence-corrected chi connectivity index (χ4v) is 7.91. The van der Waals surface area contributed by atoms with Crippen LogP contribution in [0.2, 0.25) is 0 Å². The lowest BCUT2D eigenvalue weighted by Gasteiger charge is -2.34. The summed E-state index contributed by atoms with van der Waals surface area (Å²) in [7, 11) is -14.1. The first-order chi connectivity index (χ1) is 9.65.